The molecule has 0 aromatic rings. The minimum atomic E-state index is -2.02. The zero-order chi connectivity index (χ0) is 4.28. The van der Waals surface area contributed by atoms with Crippen molar-refractivity contribution in [2.45, 2.75) is 0 Å². The van der Waals surface area contributed by atoms with Crippen LogP contribution in [0.2, 0.25) is 0 Å². The standard InChI is InChI=1S/CH4O3S.Fe/c2-1-5(3)4;/h2H,1H2,(H,3,4);. The molecular formula is CH4FeO3S. The van der Waals surface area contributed by atoms with E-state index in [1.165, 1.54) is 0 Å². The van der Waals surface area contributed by atoms with Crippen molar-refractivity contribution in [1.29, 1.82) is 0 Å². The molecule has 3 nitrogen and oxygen atoms in total. The summed E-state index contributed by atoms with van der Waals surface area (Å²) in [5.41, 5.74) is 0. The average Bonchev–Trinajstić information content (AvgIpc) is 1.38. The molecule has 0 spiro atoms. The van der Waals surface area contributed by atoms with Gasteiger partial charge < -0.3 is 9.66 Å². The summed E-state index contributed by atoms with van der Waals surface area (Å²) in [7, 11) is 0. The van der Waals surface area contributed by atoms with E-state index < -0.39 is 17.0 Å². The van der Waals surface area contributed by atoms with Gasteiger partial charge in [0.05, 0.1) is 0 Å². The number of hydrogen-bond donors (Lipinski definition) is 2. The minimum Gasteiger partial charge on any atom is -0.381 e. The molecule has 0 aliphatic rings. The van der Waals surface area contributed by atoms with Crippen LogP contribution in [0.5, 0.6) is 0 Å². The van der Waals surface area contributed by atoms with Gasteiger partial charge in [-0.3, -0.25) is 0 Å². The van der Waals surface area contributed by atoms with E-state index in [1.807, 2.05) is 0 Å². The number of aliphatic hydroxyl groups excluding tert-OH is 1. The molecule has 0 fully saturated rings. The summed E-state index contributed by atoms with van der Waals surface area (Å²) >= 11 is -2.02. The third-order valence-corrected chi connectivity index (χ3v) is 0.331. The van der Waals surface area contributed by atoms with Crippen LogP contribution in [0.25, 0.3) is 0 Å². The van der Waals surface area contributed by atoms with Gasteiger partial charge in [0.1, 0.15) is 5.94 Å². The van der Waals surface area contributed by atoms with Crippen LogP contribution in [-0.2, 0) is 28.1 Å². The summed E-state index contributed by atoms with van der Waals surface area (Å²) in [5.74, 6) is -0.667. The fourth-order valence-corrected chi connectivity index (χ4v) is 0. The SMILES string of the molecule is O=S(O)CO.[Fe]. The van der Waals surface area contributed by atoms with E-state index in [4.69, 9.17) is 9.66 Å². The van der Waals surface area contributed by atoms with Gasteiger partial charge in [0.2, 0.25) is 0 Å². The van der Waals surface area contributed by atoms with Gasteiger partial charge in [-0.15, -0.1) is 0 Å². The molecule has 1 atom stereocenters. The van der Waals surface area contributed by atoms with Gasteiger partial charge in [0.25, 0.3) is 0 Å². The molecule has 2 N–H and O–H groups in total. The van der Waals surface area contributed by atoms with Gasteiger partial charge in [-0.05, 0) is 0 Å². The second-order valence-electron chi connectivity index (χ2n) is 0.451. The Hall–Kier alpha value is 0.589. The average molecular weight is 152 g/mol. The van der Waals surface area contributed by atoms with E-state index in [2.05, 4.69) is 0 Å². The van der Waals surface area contributed by atoms with E-state index in [-0.39, 0.29) is 17.1 Å². The smallest absolute Gasteiger partial charge is 0.179 e. The predicted molar refractivity (Wildman–Crippen MR) is 17.9 cm³/mol. The van der Waals surface area contributed by atoms with E-state index >= 15 is 0 Å². The topological polar surface area (TPSA) is 57.5 Å². The van der Waals surface area contributed by atoms with E-state index in [9.17, 15) is 4.21 Å². The molecule has 0 saturated carbocycles. The number of rotatable bonds is 1. The van der Waals surface area contributed by atoms with Gasteiger partial charge in [0, 0.05) is 17.1 Å². The van der Waals surface area contributed by atoms with Crippen molar-refractivity contribution >= 4 is 11.1 Å². The molecule has 0 radical (unpaired) electrons. The Morgan fingerprint density at radius 3 is 1.83 bits per heavy atom. The maximum absolute atomic E-state index is 9.23. The first-order valence-corrected chi connectivity index (χ1v) is 2.23. The summed E-state index contributed by atoms with van der Waals surface area (Å²) in [6.07, 6.45) is 0. The van der Waals surface area contributed by atoms with Crippen molar-refractivity contribution in [2.24, 2.45) is 0 Å². The normalized spacial score (nSPS) is 12.3. The van der Waals surface area contributed by atoms with Crippen molar-refractivity contribution in [2.75, 3.05) is 5.94 Å². The fraction of sp³-hybridized carbons (Fsp3) is 1.00. The second kappa shape index (κ2) is 5.59. The molecule has 0 aromatic carbocycles. The van der Waals surface area contributed by atoms with E-state index in [0.29, 0.717) is 0 Å². The van der Waals surface area contributed by atoms with Crippen LogP contribution >= 0.6 is 0 Å². The first-order valence-electron chi connectivity index (χ1n) is 0.954. The van der Waals surface area contributed by atoms with Gasteiger partial charge in [-0.1, -0.05) is 0 Å². The van der Waals surface area contributed by atoms with Crippen molar-refractivity contribution < 1.29 is 30.9 Å². The van der Waals surface area contributed by atoms with Crippen LogP contribution in [-0.4, -0.2) is 19.8 Å². The zero-order valence-electron chi connectivity index (χ0n) is 2.77. The summed E-state index contributed by atoms with van der Waals surface area (Å²) < 4.78 is 16.8. The first kappa shape index (κ1) is 9.77. The van der Waals surface area contributed by atoms with Gasteiger partial charge >= 0.3 is 0 Å². The molecule has 6 heavy (non-hydrogen) atoms. The fourth-order valence-electron chi connectivity index (χ4n) is 0. The van der Waals surface area contributed by atoms with Gasteiger partial charge in [0.15, 0.2) is 11.1 Å². The van der Waals surface area contributed by atoms with Crippen LogP contribution in [0.1, 0.15) is 0 Å². The van der Waals surface area contributed by atoms with Crippen LogP contribution in [0.3, 0.4) is 0 Å². The van der Waals surface area contributed by atoms with Crippen LogP contribution < -0.4 is 0 Å². The Morgan fingerprint density at radius 1 is 1.67 bits per heavy atom. The molecule has 40 valence electrons. The molecule has 0 aliphatic carbocycles. The van der Waals surface area contributed by atoms with Crippen LogP contribution in [0, 0.1) is 0 Å². The Bertz CT molecular complexity index is 46.1. The van der Waals surface area contributed by atoms with Gasteiger partial charge in [-0.2, -0.15) is 0 Å². The minimum absolute atomic E-state index is 0. The van der Waals surface area contributed by atoms with Crippen molar-refractivity contribution in [3.05, 3.63) is 0 Å². The molecule has 0 amide bonds. The van der Waals surface area contributed by atoms with Crippen LogP contribution in [0.15, 0.2) is 0 Å². The Kier molecular flexibility index (Phi) is 9.11. The van der Waals surface area contributed by atoms with Crippen LogP contribution in [0.4, 0.5) is 0 Å². The third-order valence-electron chi connectivity index (χ3n) is 0.110. The van der Waals surface area contributed by atoms with Crippen molar-refractivity contribution in [1.82, 2.24) is 0 Å². The number of aliphatic hydroxyl groups is 1. The van der Waals surface area contributed by atoms with E-state index in [0.717, 1.165) is 0 Å². The molecule has 0 aliphatic heterocycles. The van der Waals surface area contributed by atoms with Gasteiger partial charge in [-0.25, -0.2) is 4.21 Å². The molecule has 5 heteroatoms. The zero-order valence-corrected chi connectivity index (χ0v) is 4.69. The summed E-state index contributed by atoms with van der Waals surface area (Å²) in [6.45, 7) is 0. The molecule has 0 aromatic heterocycles. The molecule has 0 bridgehead atoms. The second-order valence-corrected chi connectivity index (χ2v) is 1.35. The molecular weight excluding hydrogens is 148 g/mol. The third kappa shape index (κ3) is 8.82. The summed E-state index contributed by atoms with van der Waals surface area (Å²) in [5, 5.41) is 7.59. The Labute approximate surface area is 48.5 Å². The Morgan fingerprint density at radius 2 is 1.83 bits per heavy atom. The maximum atomic E-state index is 9.23. The molecule has 0 rings (SSSR count). The monoisotopic (exact) mass is 152 g/mol. The summed E-state index contributed by atoms with van der Waals surface area (Å²) in [6, 6.07) is 0. The number of hydrogen-bond acceptors (Lipinski definition) is 2. The van der Waals surface area contributed by atoms with Crippen molar-refractivity contribution in [3.63, 3.8) is 0 Å². The first-order chi connectivity index (χ1) is 2.27. The maximum Gasteiger partial charge on any atom is 0.179 e. The molecule has 1 unspecified atom stereocenters. The summed E-state index contributed by atoms with van der Waals surface area (Å²) in [4.78, 5) is 0. The largest absolute Gasteiger partial charge is 0.381 e. The Balaban J connectivity index is 0. The van der Waals surface area contributed by atoms with Crippen molar-refractivity contribution in [3.8, 4) is 0 Å². The molecule has 0 saturated heterocycles. The quantitative estimate of drug-likeness (QED) is 0.380. The predicted octanol–water partition coefficient (Wildman–Crippen LogP) is -0.845. The van der Waals surface area contributed by atoms with E-state index in [1.54, 1.807) is 0 Å². The molecule has 0 heterocycles.